The molecule has 0 aliphatic heterocycles. The van der Waals surface area contributed by atoms with E-state index in [1.54, 1.807) is 18.3 Å². The Hall–Kier alpha value is -3.10. The number of fused-ring (bicyclic) bond motifs is 1. The van der Waals surface area contributed by atoms with Gasteiger partial charge >= 0.3 is 0 Å². The molecule has 4 rings (SSSR count). The summed E-state index contributed by atoms with van der Waals surface area (Å²) in [5.74, 6) is 0.558. The summed E-state index contributed by atoms with van der Waals surface area (Å²) in [6, 6.07) is 12.9. The highest BCUT2D eigenvalue weighted by Gasteiger charge is 2.09. The number of rotatable bonds is 5. The fourth-order valence-corrected chi connectivity index (χ4v) is 3.10. The highest BCUT2D eigenvalue weighted by Crippen LogP contribution is 2.16. The summed E-state index contributed by atoms with van der Waals surface area (Å²) in [5.41, 5.74) is 3.14. The molecule has 0 saturated heterocycles. The zero-order valence-electron chi connectivity index (χ0n) is 14.5. The van der Waals surface area contributed by atoms with Crippen molar-refractivity contribution in [1.82, 2.24) is 34.9 Å². The highest BCUT2D eigenvalue weighted by atomic mass is 35.5. The highest BCUT2D eigenvalue weighted by molar-refractivity contribution is 6.30. The van der Waals surface area contributed by atoms with Crippen LogP contribution in [-0.2, 0) is 13.1 Å². The lowest BCUT2D eigenvalue weighted by molar-refractivity contribution is 0.315. The van der Waals surface area contributed by atoms with Gasteiger partial charge in [-0.05, 0) is 36.0 Å². The van der Waals surface area contributed by atoms with Crippen LogP contribution < -0.4 is 5.56 Å². The molecule has 3 aromatic heterocycles. The second-order valence-corrected chi connectivity index (χ2v) is 6.71. The minimum Gasteiger partial charge on any atom is -0.296 e. The van der Waals surface area contributed by atoms with Crippen LogP contribution in [0.25, 0.3) is 17.0 Å². The predicted molar refractivity (Wildman–Crippen MR) is 101 cm³/mol. The van der Waals surface area contributed by atoms with Gasteiger partial charge in [-0.2, -0.15) is 5.21 Å². The van der Waals surface area contributed by atoms with E-state index in [0.717, 1.165) is 11.1 Å². The van der Waals surface area contributed by atoms with Gasteiger partial charge in [0.15, 0.2) is 0 Å². The van der Waals surface area contributed by atoms with Crippen molar-refractivity contribution >= 4 is 17.2 Å². The standard InChI is InChI=1S/C18H16ClN7O/c1-25(9-12-3-2-4-13(7-12)18-21-23-24-22-18)11-15-8-17(27)26-10-14(19)5-6-16(26)20-15/h2-8,10H,9,11H2,1H3,(H,21,22,23,24). The lowest BCUT2D eigenvalue weighted by Gasteiger charge is -2.17. The average Bonchev–Trinajstić information content (AvgIpc) is 3.17. The molecule has 0 spiro atoms. The van der Waals surface area contributed by atoms with Crippen LogP contribution in [0.15, 0.2) is 53.5 Å². The van der Waals surface area contributed by atoms with E-state index in [1.807, 2.05) is 31.3 Å². The maximum atomic E-state index is 12.3. The monoisotopic (exact) mass is 381 g/mol. The summed E-state index contributed by atoms with van der Waals surface area (Å²) in [7, 11) is 1.98. The summed E-state index contributed by atoms with van der Waals surface area (Å²) in [6.45, 7) is 1.23. The zero-order chi connectivity index (χ0) is 18.8. The van der Waals surface area contributed by atoms with Crippen LogP contribution in [0.3, 0.4) is 0 Å². The van der Waals surface area contributed by atoms with Crippen LogP contribution in [-0.4, -0.2) is 42.0 Å². The molecular weight excluding hydrogens is 366 g/mol. The van der Waals surface area contributed by atoms with E-state index >= 15 is 0 Å². The van der Waals surface area contributed by atoms with E-state index in [9.17, 15) is 4.79 Å². The first-order chi connectivity index (χ1) is 13.1. The molecule has 0 saturated carbocycles. The molecule has 1 aromatic carbocycles. The molecule has 0 amide bonds. The molecule has 27 heavy (non-hydrogen) atoms. The molecule has 0 atom stereocenters. The van der Waals surface area contributed by atoms with Crippen LogP contribution in [0.2, 0.25) is 5.02 Å². The van der Waals surface area contributed by atoms with Gasteiger partial charge in [-0.1, -0.05) is 29.8 Å². The van der Waals surface area contributed by atoms with E-state index in [1.165, 1.54) is 10.5 Å². The topological polar surface area (TPSA) is 92.1 Å². The van der Waals surface area contributed by atoms with Crippen molar-refractivity contribution in [3.8, 4) is 11.4 Å². The quantitative estimate of drug-likeness (QED) is 0.569. The van der Waals surface area contributed by atoms with Crippen LogP contribution in [0.4, 0.5) is 0 Å². The number of tetrazole rings is 1. The van der Waals surface area contributed by atoms with Crippen LogP contribution in [0.1, 0.15) is 11.3 Å². The SMILES string of the molecule is CN(Cc1cccc(-c2nn[nH]n2)c1)Cc1cc(=O)n2cc(Cl)ccc2n1. The fraction of sp³-hybridized carbons (Fsp3) is 0.167. The Kier molecular flexibility index (Phi) is 4.66. The van der Waals surface area contributed by atoms with Crippen molar-refractivity contribution in [3.63, 3.8) is 0 Å². The van der Waals surface area contributed by atoms with Gasteiger partial charge in [0.25, 0.3) is 5.56 Å². The number of pyridine rings is 1. The van der Waals surface area contributed by atoms with Crippen molar-refractivity contribution < 1.29 is 0 Å². The first kappa shape index (κ1) is 17.3. The van der Waals surface area contributed by atoms with Gasteiger partial charge in [0.05, 0.1) is 10.7 Å². The number of nitrogens with one attached hydrogen (secondary N) is 1. The lowest BCUT2D eigenvalue weighted by Crippen LogP contribution is -2.21. The minimum atomic E-state index is -0.148. The van der Waals surface area contributed by atoms with Gasteiger partial charge in [-0.15, -0.1) is 10.2 Å². The number of aromatic nitrogens is 6. The lowest BCUT2D eigenvalue weighted by atomic mass is 10.1. The van der Waals surface area contributed by atoms with Crippen molar-refractivity contribution in [3.05, 3.63) is 75.3 Å². The Balaban J connectivity index is 1.52. The van der Waals surface area contributed by atoms with Gasteiger partial charge in [0, 0.05) is 30.9 Å². The molecule has 0 aliphatic rings. The van der Waals surface area contributed by atoms with E-state index in [0.29, 0.717) is 35.3 Å². The number of nitrogens with zero attached hydrogens (tertiary/aromatic N) is 6. The average molecular weight is 382 g/mol. The first-order valence-corrected chi connectivity index (χ1v) is 8.65. The zero-order valence-corrected chi connectivity index (χ0v) is 15.3. The number of hydrogen-bond donors (Lipinski definition) is 1. The first-order valence-electron chi connectivity index (χ1n) is 8.28. The Morgan fingerprint density at radius 1 is 1.19 bits per heavy atom. The van der Waals surface area contributed by atoms with E-state index < -0.39 is 0 Å². The third kappa shape index (κ3) is 3.86. The molecule has 0 aliphatic carbocycles. The normalized spacial score (nSPS) is 11.4. The molecule has 1 N–H and O–H groups in total. The van der Waals surface area contributed by atoms with Gasteiger partial charge in [-0.25, -0.2) is 4.98 Å². The maximum Gasteiger partial charge on any atom is 0.258 e. The second-order valence-electron chi connectivity index (χ2n) is 6.27. The van der Waals surface area contributed by atoms with E-state index in [4.69, 9.17) is 11.6 Å². The van der Waals surface area contributed by atoms with Crippen molar-refractivity contribution in [1.29, 1.82) is 0 Å². The summed E-state index contributed by atoms with van der Waals surface area (Å²) in [6.07, 6.45) is 1.57. The summed E-state index contributed by atoms with van der Waals surface area (Å²) < 4.78 is 1.44. The number of halogens is 1. The van der Waals surface area contributed by atoms with Crippen molar-refractivity contribution in [2.24, 2.45) is 0 Å². The van der Waals surface area contributed by atoms with Crippen molar-refractivity contribution in [2.75, 3.05) is 7.05 Å². The van der Waals surface area contributed by atoms with Gasteiger partial charge < -0.3 is 0 Å². The molecule has 0 unspecified atom stereocenters. The molecule has 4 aromatic rings. The van der Waals surface area contributed by atoms with Crippen LogP contribution >= 0.6 is 11.6 Å². The molecule has 0 radical (unpaired) electrons. The molecule has 136 valence electrons. The Labute approximate surface area is 159 Å². The van der Waals surface area contributed by atoms with Gasteiger partial charge in [-0.3, -0.25) is 14.1 Å². The molecule has 3 heterocycles. The largest absolute Gasteiger partial charge is 0.296 e. The van der Waals surface area contributed by atoms with Crippen LogP contribution in [0.5, 0.6) is 0 Å². The number of hydrogen-bond acceptors (Lipinski definition) is 6. The molecule has 0 bridgehead atoms. The number of aromatic amines is 1. The van der Waals surface area contributed by atoms with E-state index in [2.05, 4.69) is 30.5 Å². The third-order valence-corrected chi connectivity index (χ3v) is 4.32. The van der Waals surface area contributed by atoms with Crippen molar-refractivity contribution in [2.45, 2.75) is 13.1 Å². The smallest absolute Gasteiger partial charge is 0.258 e. The summed E-state index contributed by atoms with van der Waals surface area (Å²) in [5, 5.41) is 14.5. The Morgan fingerprint density at radius 3 is 2.89 bits per heavy atom. The third-order valence-electron chi connectivity index (χ3n) is 4.09. The number of H-pyrrole nitrogens is 1. The van der Waals surface area contributed by atoms with E-state index in [-0.39, 0.29) is 5.56 Å². The molecule has 8 nitrogen and oxygen atoms in total. The van der Waals surface area contributed by atoms with Gasteiger partial charge in [0.2, 0.25) is 5.82 Å². The predicted octanol–water partition coefficient (Wildman–Crippen LogP) is 2.16. The van der Waals surface area contributed by atoms with Gasteiger partial charge in [0.1, 0.15) is 5.65 Å². The molecular formula is C18H16ClN7O. The fourth-order valence-electron chi connectivity index (χ4n) is 2.94. The maximum absolute atomic E-state index is 12.3. The second kappa shape index (κ2) is 7.26. The number of benzene rings is 1. The Morgan fingerprint density at radius 2 is 2.07 bits per heavy atom. The molecule has 9 heteroatoms. The molecule has 0 fully saturated rings. The van der Waals surface area contributed by atoms with Crippen LogP contribution in [0, 0.1) is 0 Å². The minimum absolute atomic E-state index is 0.148. The summed E-state index contributed by atoms with van der Waals surface area (Å²) in [4.78, 5) is 18.9. The summed E-state index contributed by atoms with van der Waals surface area (Å²) >= 11 is 5.94. The Bertz CT molecular complexity index is 1140.